The number of rotatable bonds is 10. The molecule has 4 aromatic rings. The summed E-state index contributed by atoms with van der Waals surface area (Å²) in [6.45, 7) is 12.3. The number of benzene rings is 1. The van der Waals surface area contributed by atoms with E-state index in [1.807, 2.05) is 25.5 Å². The van der Waals surface area contributed by atoms with Gasteiger partial charge in [-0.2, -0.15) is 13.9 Å². The summed E-state index contributed by atoms with van der Waals surface area (Å²) in [7, 11) is -1.27. The van der Waals surface area contributed by atoms with Crippen molar-refractivity contribution in [2.24, 2.45) is 0 Å². The zero-order valence-electron chi connectivity index (χ0n) is 25.7. The Balaban J connectivity index is 1.60. The number of amides is 1. The molecule has 0 aliphatic carbocycles. The SMILES string of the molecule is CC(C)(C)NC(=O)c1cn(COCC[Si](C)(C)C)c2ncc(-c3nn(C4CCNCC4)c4ccc(OC(F)F)cc34)nc12. The predicted molar refractivity (Wildman–Crippen MR) is 165 cm³/mol. The van der Waals surface area contributed by atoms with Crippen molar-refractivity contribution in [2.75, 3.05) is 19.7 Å². The molecule has 1 aromatic carbocycles. The van der Waals surface area contributed by atoms with Gasteiger partial charge in [0.15, 0.2) is 5.65 Å². The largest absolute Gasteiger partial charge is 0.435 e. The Bertz CT molecular complexity index is 1600. The molecule has 2 N–H and O–H groups in total. The lowest BCUT2D eigenvalue weighted by atomic mass is 10.1. The van der Waals surface area contributed by atoms with E-state index in [1.54, 1.807) is 29.1 Å². The molecule has 0 unspecified atom stereocenters. The van der Waals surface area contributed by atoms with Crippen LogP contribution in [0.2, 0.25) is 25.7 Å². The maximum atomic E-state index is 13.4. The monoisotopic (exact) mass is 613 g/mol. The molecule has 1 aliphatic heterocycles. The van der Waals surface area contributed by atoms with Crippen molar-refractivity contribution < 1.29 is 23.0 Å². The molecule has 4 heterocycles. The van der Waals surface area contributed by atoms with Gasteiger partial charge in [-0.05, 0) is 70.9 Å². The van der Waals surface area contributed by atoms with Gasteiger partial charge in [-0.1, -0.05) is 19.6 Å². The third-order valence-electron chi connectivity index (χ3n) is 7.33. The molecule has 0 spiro atoms. The number of ether oxygens (including phenoxy) is 2. The molecule has 1 saturated heterocycles. The fourth-order valence-corrected chi connectivity index (χ4v) is 5.95. The second-order valence-corrected chi connectivity index (χ2v) is 18.9. The Morgan fingerprint density at radius 3 is 2.63 bits per heavy atom. The van der Waals surface area contributed by atoms with Gasteiger partial charge in [0, 0.05) is 31.8 Å². The van der Waals surface area contributed by atoms with Crippen LogP contribution in [0, 0.1) is 0 Å². The van der Waals surface area contributed by atoms with Crippen molar-refractivity contribution in [2.45, 2.75) is 84.2 Å². The van der Waals surface area contributed by atoms with Crippen molar-refractivity contribution in [3.05, 3.63) is 36.2 Å². The molecule has 0 saturated carbocycles. The van der Waals surface area contributed by atoms with Gasteiger partial charge in [0.05, 0.1) is 23.3 Å². The van der Waals surface area contributed by atoms with E-state index in [-0.39, 0.29) is 24.4 Å². The van der Waals surface area contributed by atoms with Crippen LogP contribution in [0.15, 0.2) is 30.6 Å². The Morgan fingerprint density at radius 2 is 1.95 bits per heavy atom. The fraction of sp³-hybridized carbons (Fsp3) is 0.533. The van der Waals surface area contributed by atoms with E-state index < -0.39 is 20.2 Å². The maximum absolute atomic E-state index is 13.4. The van der Waals surface area contributed by atoms with Gasteiger partial charge < -0.3 is 24.7 Å². The Labute approximate surface area is 251 Å². The highest BCUT2D eigenvalue weighted by Crippen LogP contribution is 2.35. The van der Waals surface area contributed by atoms with Crippen molar-refractivity contribution in [1.29, 1.82) is 0 Å². The van der Waals surface area contributed by atoms with Crippen LogP contribution in [0.25, 0.3) is 33.5 Å². The number of hydrogen-bond acceptors (Lipinski definition) is 7. The predicted octanol–water partition coefficient (Wildman–Crippen LogP) is 5.81. The number of carbonyl (C=O) groups excluding carboxylic acids is 1. The minimum atomic E-state index is -2.95. The van der Waals surface area contributed by atoms with Gasteiger partial charge >= 0.3 is 6.61 Å². The number of aromatic nitrogens is 5. The highest BCUT2D eigenvalue weighted by molar-refractivity contribution is 6.76. The summed E-state index contributed by atoms with van der Waals surface area (Å²) < 4.78 is 40.7. The first-order chi connectivity index (χ1) is 20.3. The standard InChI is InChI=1S/C30H41F2N7O3Si/c1-30(2,3)36-28(40)22-17-38(18-41-13-14-43(4,5)6)27-26(22)35-23(16-34-27)25-21-15-20(42-29(31)32)7-8-24(21)39(37-25)19-9-11-33-12-10-19/h7-8,15-17,19,29,33H,9-14,18H2,1-6H3,(H,36,40). The second kappa shape index (κ2) is 12.3. The minimum Gasteiger partial charge on any atom is -0.435 e. The molecule has 3 aromatic heterocycles. The van der Waals surface area contributed by atoms with Crippen LogP contribution >= 0.6 is 0 Å². The van der Waals surface area contributed by atoms with Crippen LogP contribution in [-0.4, -0.2) is 70.1 Å². The number of nitrogens with zero attached hydrogens (tertiary/aromatic N) is 5. The summed E-state index contributed by atoms with van der Waals surface area (Å²) >= 11 is 0. The van der Waals surface area contributed by atoms with E-state index in [9.17, 15) is 13.6 Å². The lowest BCUT2D eigenvalue weighted by molar-refractivity contribution is -0.0497. The van der Waals surface area contributed by atoms with Crippen molar-refractivity contribution in [1.82, 2.24) is 34.9 Å². The molecule has 13 heteroatoms. The average Bonchev–Trinajstić information content (AvgIpc) is 3.48. The summed E-state index contributed by atoms with van der Waals surface area (Å²) in [5.41, 5.74) is 2.55. The van der Waals surface area contributed by atoms with E-state index >= 15 is 0 Å². The van der Waals surface area contributed by atoms with Gasteiger partial charge in [-0.3, -0.25) is 9.48 Å². The number of halogens is 2. The Hall–Kier alpha value is -3.42. The summed E-state index contributed by atoms with van der Waals surface area (Å²) in [4.78, 5) is 23.1. The topological polar surface area (TPSA) is 108 Å². The summed E-state index contributed by atoms with van der Waals surface area (Å²) in [5.74, 6) is -0.239. The van der Waals surface area contributed by atoms with Gasteiger partial charge in [-0.15, -0.1) is 0 Å². The second-order valence-electron chi connectivity index (χ2n) is 13.3. The summed E-state index contributed by atoms with van der Waals surface area (Å²) in [6.07, 6.45) is 5.10. The smallest absolute Gasteiger partial charge is 0.387 e. The first-order valence-corrected chi connectivity index (χ1v) is 18.4. The van der Waals surface area contributed by atoms with Gasteiger partial charge in [-0.25, -0.2) is 9.97 Å². The number of nitrogens with one attached hydrogen (secondary N) is 2. The highest BCUT2D eigenvalue weighted by Gasteiger charge is 2.26. The summed E-state index contributed by atoms with van der Waals surface area (Å²) in [5, 5.41) is 12.0. The molecule has 5 rings (SSSR count). The van der Waals surface area contributed by atoms with Crippen LogP contribution in [0.3, 0.4) is 0 Å². The molecular formula is C30H41F2N7O3Si. The Kier molecular flexibility index (Phi) is 8.86. The average molecular weight is 614 g/mol. The third kappa shape index (κ3) is 7.39. The van der Waals surface area contributed by atoms with Crippen LogP contribution in [0.4, 0.5) is 8.78 Å². The molecule has 0 bridgehead atoms. The number of hydrogen-bond donors (Lipinski definition) is 2. The first kappa shape index (κ1) is 31.0. The van der Waals surface area contributed by atoms with Gasteiger partial charge in [0.1, 0.15) is 29.4 Å². The number of fused-ring (bicyclic) bond motifs is 2. The third-order valence-corrected chi connectivity index (χ3v) is 9.03. The van der Waals surface area contributed by atoms with E-state index in [2.05, 4.69) is 30.3 Å². The van der Waals surface area contributed by atoms with Crippen LogP contribution in [0.1, 0.15) is 50.0 Å². The Morgan fingerprint density at radius 1 is 1.21 bits per heavy atom. The maximum Gasteiger partial charge on any atom is 0.387 e. The molecule has 0 radical (unpaired) electrons. The van der Waals surface area contributed by atoms with Gasteiger partial charge in [0.2, 0.25) is 0 Å². The van der Waals surface area contributed by atoms with E-state index in [0.29, 0.717) is 40.1 Å². The molecule has 1 fully saturated rings. The number of carbonyl (C=O) groups is 1. The summed E-state index contributed by atoms with van der Waals surface area (Å²) in [6, 6.07) is 6.01. The van der Waals surface area contributed by atoms with Gasteiger partial charge in [0.25, 0.3) is 5.91 Å². The number of piperidine rings is 1. The lowest BCUT2D eigenvalue weighted by Gasteiger charge is -2.23. The fourth-order valence-electron chi connectivity index (χ4n) is 5.19. The minimum absolute atomic E-state index is 0.0366. The van der Waals surface area contributed by atoms with Crippen LogP contribution < -0.4 is 15.4 Å². The lowest BCUT2D eigenvalue weighted by Crippen LogP contribution is -2.40. The molecule has 0 atom stereocenters. The van der Waals surface area contributed by atoms with Crippen molar-refractivity contribution in [3.63, 3.8) is 0 Å². The molecular weight excluding hydrogens is 572 g/mol. The zero-order chi connectivity index (χ0) is 30.9. The number of alkyl halides is 2. The molecule has 1 amide bonds. The van der Waals surface area contributed by atoms with Crippen LogP contribution in [-0.2, 0) is 11.5 Å². The van der Waals surface area contributed by atoms with E-state index in [4.69, 9.17) is 24.5 Å². The molecule has 232 valence electrons. The first-order valence-electron chi connectivity index (χ1n) is 14.7. The van der Waals surface area contributed by atoms with Crippen LogP contribution in [0.5, 0.6) is 5.75 Å². The normalized spacial score (nSPS) is 15.1. The molecule has 1 aliphatic rings. The van der Waals surface area contributed by atoms with E-state index in [0.717, 1.165) is 37.5 Å². The van der Waals surface area contributed by atoms with Crippen molar-refractivity contribution in [3.8, 4) is 17.1 Å². The van der Waals surface area contributed by atoms with Crippen molar-refractivity contribution >= 4 is 36.0 Å². The molecule has 10 nitrogen and oxygen atoms in total. The molecule has 43 heavy (non-hydrogen) atoms. The quantitative estimate of drug-likeness (QED) is 0.172. The van der Waals surface area contributed by atoms with E-state index in [1.165, 1.54) is 6.07 Å². The highest BCUT2D eigenvalue weighted by atomic mass is 28.3. The zero-order valence-corrected chi connectivity index (χ0v) is 26.7.